The van der Waals surface area contributed by atoms with Crippen LogP contribution in [0.5, 0.6) is 0 Å². The van der Waals surface area contributed by atoms with Gasteiger partial charge >= 0.3 is 5.97 Å². The number of hydrogen-bond donors (Lipinski definition) is 2. The predicted octanol–water partition coefficient (Wildman–Crippen LogP) is 3.67. The minimum Gasteiger partial charge on any atom is -0.459 e. The van der Waals surface area contributed by atoms with Crippen molar-refractivity contribution in [1.82, 2.24) is 24.8 Å². The van der Waals surface area contributed by atoms with E-state index in [1.807, 2.05) is 39.1 Å². The van der Waals surface area contributed by atoms with Crippen LogP contribution >= 0.6 is 0 Å². The van der Waals surface area contributed by atoms with Crippen LogP contribution in [0.2, 0.25) is 0 Å². The van der Waals surface area contributed by atoms with E-state index in [0.29, 0.717) is 25.1 Å². The van der Waals surface area contributed by atoms with Gasteiger partial charge in [-0.15, -0.1) is 0 Å². The fourth-order valence-corrected chi connectivity index (χ4v) is 5.47. The van der Waals surface area contributed by atoms with E-state index in [0.717, 1.165) is 74.9 Å². The topological polar surface area (TPSA) is 113 Å². The summed E-state index contributed by atoms with van der Waals surface area (Å²) in [6.45, 7) is 12.0. The van der Waals surface area contributed by atoms with Gasteiger partial charge in [0, 0.05) is 75.5 Å². The molecule has 0 amide bonds. The monoisotopic (exact) mass is 558 g/mol. The number of anilines is 3. The van der Waals surface area contributed by atoms with Gasteiger partial charge in [-0.25, -0.2) is 15.0 Å². The number of aromatic nitrogens is 3. The van der Waals surface area contributed by atoms with Crippen molar-refractivity contribution in [3.05, 3.63) is 60.4 Å². The van der Waals surface area contributed by atoms with Crippen LogP contribution in [0.1, 0.15) is 39.2 Å². The number of piperazine rings is 1. The van der Waals surface area contributed by atoms with E-state index in [1.165, 1.54) is 5.56 Å². The first-order chi connectivity index (χ1) is 19.8. The molecule has 0 radical (unpaired) electrons. The molecule has 2 aliphatic rings. The van der Waals surface area contributed by atoms with Gasteiger partial charge in [0.25, 0.3) is 0 Å². The van der Waals surface area contributed by atoms with E-state index < -0.39 is 5.60 Å². The largest absolute Gasteiger partial charge is 0.459 e. The standard InChI is InChI=1S/C31H42N8O2/c1-31(2,3)41-29(40)22-38-16-14-37(15-17-38)21-23-6-4-7-25(18-23)35-30-33-12-11-27(36-30)24-9-10-28(34-20-24)39-13-5-8-26(39)19-32/h4,6-7,9-12,18,20,26H,5,8,13-17,19,21-22,32H2,1-3H3,(H,33,35,36). The summed E-state index contributed by atoms with van der Waals surface area (Å²) in [4.78, 5) is 32.9. The number of hydrogen-bond acceptors (Lipinski definition) is 10. The predicted molar refractivity (Wildman–Crippen MR) is 162 cm³/mol. The lowest BCUT2D eigenvalue weighted by atomic mass is 10.1. The highest BCUT2D eigenvalue weighted by Crippen LogP contribution is 2.26. The number of nitrogens with two attached hydrogens (primary N) is 1. The van der Waals surface area contributed by atoms with Gasteiger partial charge in [-0.3, -0.25) is 14.6 Å². The Balaban J connectivity index is 1.15. The SMILES string of the molecule is CC(C)(C)OC(=O)CN1CCN(Cc2cccc(Nc3nccc(-c4ccc(N5CCCC5CN)nc4)n3)c2)CC1. The summed E-state index contributed by atoms with van der Waals surface area (Å²) < 4.78 is 5.47. The van der Waals surface area contributed by atoms with Crippen molar-refractivity contribution >= 4 is 23.4 Å². The molecule has 1 unspecified atom stereocenters. The average Bonchev–Trinajstić information content (AvgIpc) is 3.43. The van der Waals surface area contributed by atoms with Gasteiger partial charge in [0.1, 0.15) is 11.4 Å². The second-order valence-corrected chi connectivity index (χ2v) is 11.9. The first-order valence-corrected chi connectivity index (χ1v) is 14.5. The Labute approximate surface area is 242 Å². The highest BCUT2D eigenvalue weighted by Gasteiger charge is 2.25. The Hall–Kier alpha value is -3.60. The molecular formula is C31H42N8O2. The van der Waals surface area contributed by atoms with Crippen LogP contribution in [0.3, 0.4) is 0 Å². The molecule has 0 spiro atoms. The van der Waals surface area contributed by atoms with Gasteiger partial charge in [-0.2, -0.15) is 0 Å². The molecule has 0 saturated carbocycles. The molecule has 2 saturated heterocycles. The maximum absolute atomic E-state index is 12.2. The molecule has 3 N–H and O–H groups in total. The van der Waals surface area contributed by atoms with Crippen molar-refractivity contribution in [2.75, 3.05) is 56.0 Å². The third kappa shape index (κ3) is 8.00. The lowest BCUT2D eigenvalue weighted by Crippen LogP contribution is -2.48. The van der Waals surface area contributed by atoms with Gasteiger partial charge in [0.15, 0.2) is 0 Å². The van der Waals surface area contributed by atoms with Crippen LogP contribution in [0.4, 0.5) is 17.5 Å². The summed E-state index contributed by atoms with van der Waals surface area (Å²) in [7, 11) is 0. The molecule has 5 rings (SSSR count). The van der Waals surface area contributed by atoms with Crippen molar-refractivity contribution in [2.45, 2.75) is 51.8 Å². The van der Waals surface area contributed by atoms with Crippen molar-refractivity contribution in [1.29, 1.82) is 0 Å². The third-order valence-electron chi connectivity index (χ3n) is 7.47. The first kappa shape index (κ1) is 28.9. The number of carbonyl (C=O) groups is 1. The van der Waals surface area contributed by atoms with E-state index in [1.54, 1.807) is 6.20 Å². The highest BCUT2D eigenvalue weighted by atomic mass is 16.6. The Kier molecular flexibility index (Phi) is 9.12. The molecule has 1 aromatic carbocycles. The molecule has 41 heavy (non-hydrogen) atoms. The summed E-state index contributed by atoms with van der Waals surface area (Å²) in [6.07, 6.45) is 5.92. The maximum Gasteiger partial charge on any atom is 0.320 e. The molecule has 1 atom stereocenters. The molecule has 0 aliphatic carbocycles. The zero-order valence-electron chi connectivity index (χ0n) is 24.4. The van der Waals surface area contributed by atoms with Crippen LogP contribution in [-0.4, -0.2) is 88.2 Å². The van der Waals surface area contributed by atoms with Gasteiger partial charge in [-0.05, 0) is 69.5 Å². The van der Waals surface area contributed by atoms with Gasteiger partial charge in [0.2, 0.25) is 5.95 Å². The molecule has 2 fully saturated rings. The fourth-order valence-electron chi connectivity index (χ4n) is 5.47. The summed E-state index contributed by atoms with van der Waals surface area (Å²) in [5.74, 6) is 1.35. The lowest BCUT2D eigenvalue weighted by Gasteiger charge is -2.34. The second-order valence-electron chi connectivity index (χ2n) is 11.9. The zero-order chi connectivity index (χ0) is 28.8. The average molecular weight is 559 g/mol. The van der Waals surface area contributed by atoms with Gasteiger partial charge in [0.05, 0.1) is 12.2 Å². The van der Waals surface area contributed by atoms with Crippen LogP contribution in [0.25, 0.3) is 11.3 Å². The molecule has 10 heteroatoms. The molecule has 3 aromatic rings. The molecule has 218 valence electrons. The number of nitrogens with one attached hydrogen (secondary N) is 1. The van der Waals surface area contributed by atoms with Crippen LogP contribution in [0, 0.1) is 0 Å². The van der Waals surface area contributed by atoms with Gasteiger partial charge < -0.3 is 20.7 Å². The van der Waals surface area contributed by atoms with Crippen LogP contribution < -0.4 is 16.0 Å². The van der Waals surface area contributed by atoms with Crippen molar-refractivity contribution < 1.29 is 9.53 Å². The number of carbonyl (C=O) groups excluding carboxylic acids is 1. The summed E-state index contributed by atoms with van der Waals surface area (Å²) in [6, 6.07) is 14.7. The fraction of sp³-hybridized carbons (Fsp3) is 0.484. The van der Waals surface area contributed by atoms with Gasteiger partial charge in [-0.1, -0.05) is 12.1 Å². The number of pyridine rings is 1. The summed E-state index contributed by atoms with van der Waals surface area (Å²) in [5.41, 5.74) is 9.41. The molecule has 10 nitrogen and oxygen atoms in total. The quantitative estimate of drug-likeness (QED) is 0.377. The summed E-state index contributed by atoms with van der Waals surface area (Å²) in [5, 5.41) is 3.37. The van der Waals surface area contributed by atoms with Crippen LogP contribution in [-0.2, 0) is 16.1 Å². The highest BCUT2D eigenvalue weighted by molar-refractivity contribution is 5.72. The number of esters is 1. The third-order valence-corrected chi connectivity index (χ3v) is 7.47. The van der Waals surface area contributed by atoms with Crippen molar-refractivity contribution in [3.63, 3.8) is 0 Å². The maximum atomic E-state index is 12.2. The van der Waals surface area contributed by atoms with Crippen molar-refractivity contribution in [3.8, 4) is 11.3 Å². The summed E-state index contributed by atoms with van der Waals surface area (Å²) >= 11 is 0. The minimum atomic E-state index is -0.449. The number of benzene rings is 1. The first-order valence-electron chi connectivity index (χ1n) is 14.5. The Morgan fingerprint density at radius 3 is 2.59 bits per heavy atom. The molecule has 4 heterocycles. The van der Waals surface area contributed by atoms with E-state index in [9.17, 15) is 4.79 Å². The van der Waals surface area contributed by atoms with Crippen molar-refractivity contribution in [2.24, 2.45) is 5.73 Å². The Morgan fingerprint density at radius 1 is 1.05 bits per heavy atom. The minimum absolute atomic E-state index is 0.160. The Morgan fingerprint density at radius 2 is 1.85 bits per heavy atom. The zero-order valence-corrected chi connectivity index (χ0v) is 24.4. The van der Waals surface area contributed by atoms with E-state index in [4.69, 9.17) is 20.4 Å². The normalized spacial score (nSPS) is 18.4. The molecule has 2 aliphatic heterocycles. The number of ether oxygens (including phenoxy) is 1. The van der Waals surface area contributed by atoms with E-state index in [-0.39, 0.29) is 5.97 Å². The van der Waals surface area contributed by atoms with E-state index >= 15 is 0 Å². The van der Waals surface area contributed by atoms with E-state index in [2.05, 4.69) is 55.3 Å². The molecular weight excluding hydrogens is 516 g/mol. The smallest absolute Gasteiger partial charge is 0.320 e. The number of nitrogens with zero attached hydrogens (tertiary/aromatic N) is 6. The second kappa shape index (κ2) is 12.9. The molecule has 2 aromatic heterocycles. The Bertz CT molecular complexity index is 1300. The number of rotatable bonds is 9. The molecule has 0 bridgehead atoms. The lowest BCUT2D eigenvalue weighted by molar-refractivity contribution is -0.156. The van der Waals surface area contributed by atoms with Crippen LogP contribution in [0.15, 0.2) is 54.9 Å².